The zero-order chi connectivity index (χ0) is 34.2. The van der Waals surface area contributed by atoms with E-state index in [1.54, 1.807) is 38.3 Å². The lowest BCUT2D eigenvalue weighted by Gasteiger charge is -2.40. The molecule has 2 amide bonds. The average molecular weight is 662 g/mol. The van der Waals surface area contributed by atoms with Gasteiger partial charge in [0.1, 0.15) is 6.04 Å². The molecule has 0 radical (unpaired) electrons. The summed E-state index contributed by atoms with van der Waals surface area (Å²) in [5.74, 6) is -2.78. The molecule has 2 N–H and O–H groups in total. The topological polar surface area (TPSA) is 117 Å². The molecule has 1 aromatic heterocycles. The van der Waals surface area contributed by atoms with Gasteiger partial charge in [0.25, 0.3) is 11.8 Å². The second kappa shape index (κ2) is 13.1. The van der Waals surface area contributed by atoms with E-state index in [1.165, 1.54) is 36.4 Å². The van der Waals surface area contributed by atoms with Gasteiger partial charge in [-0.1, -0.05) is 24.3 Å². The first-order chi connectivity index (χ1) is 23.0. The van der Waals surface area contributed by atoms with Crippen molar-refractivity contribution in [1.29, 1.82) is 0 Å². The van der Waals surface area contributed by atoms with Crippen molar-refractivity contribution in [1.82, 2.24) is 14.7 Å². The first-order valence-corrected chi connectivity index (χ1v) is 15.5. The lowest BCUT2D eigenvalue weighted by atomic mass is 9.89. The van der Waals surface area contributed by atoms with Crippen LogP contribution >= 0.6 is 0 Å². The molecule has 1 fully saturated rings. The molecular formula is C35H34F3N5O5. The van der Waals surface area contributed by atoms with Crippen LogP contribution in [0.15, 0.2) is 72.9 Å². The number of hydrogen-bond acceptors (Lipinski definition) is 6. The summed E-state index contributed by atoms with van der Waals surface area (Å²) >= 11 is 0. The predicted octanol–water partition coefficient (Wildman–Crippen LogP) is 5.89. The molecule has 1 unspecified atom stereocenters. The van der Waals surface area contributed by atoms with E-state index in [0.29, 0.717) is 22.2 Å². The maximum Gasteiger partial charge on any atom is 0.434 e. The minimum Gasteiger partial charge on any atom is -0.478 e. The van der Waals surface area contributed by atoms with Crippen molar-refractivity contribution in [3.63, 3.8) is 0 Å². The van der Waals surface area contributed by atoms with Crippen molar-refractivity contribution < 1.29 is 37.4 Å². The number of methoxy groups -OCH3 is 1. The molecule has 6 rings (SSSR count). The second-order valence-electron chi connectivity index (χ2n) is 11.9. The Morgan fingerprint density at radius 3 is 2.33 bits per heavy atom. The van der Waals surface area contributed by atoms with E-state index in [0.717, 1.165) is 48.3 Å². The van der Waals surface area contributed by atoms with E-state index in [2.05, 4.69) is 15.3 Å². The molecular weight excluding hydrogens is 627 g/mol. The van der Waals surface area contributed by atoms with Gasteiger partial charge in [-0.2, -0.15) is 18.3 Å². The Balaban J connectivity index is 1.41. The quantitative estimate of drug-likeness (QED) is 0.254. The van der Waals surface area contributed by atoms with Crippen molar-refractivity contribution in [2.45, 2.75) is 44.5 Å². The maximum absolute atomic E-state index is 14.7. The van der Waals surface area contributed by atoms with E-state index in [-0.39, 0.29) is 29.6 Å². The van der Waals surface area contributed by atoms with Crippen LogP contribution in [0.5, 0.6) is 0 Å². The highest BCUT2D eigenvalue weighted by Gasteiger charge is 2.45. The summed E-state index contributed by atoms with van der Waals surface area (Å²) in [6, 6.07) is 16.0. The number of halogens is 3. The molecule has 1 atom stereocenters. The van der Waals surface area contributed by atoms with Crippen molar-refractivity contribution in [2.75, 3.05) is 37.0 Å². The van der Waals surface area contributed by atoms with Gasteiger partial charge in [-0.15, -0.1) is 0 Å². The number of carbonyl (C=O) groups is 3. The predicted molar refractivity (Wildman–Crippen MR) is 172 cm³/mol. The number of amides is 2. The number of hydrogen-bond donors (Lipinski definition) is 2. The molecule has 0 saturated carbocycles. The van der Waals surface area contributed by atoms with Gasteiger partial charge in [0.2, 0.25) is 0 Å². The van der Waals surface area contributed by atoms with E-state index in [1.807, 2.05) is 6.07 Å². The number of carboxylic acid groups (broad SMARTS) is 1. The molecule has 10 nitrogen and oxygen atoms in total. The van der Waals surface area contributed by atoms with Crippen molar-refractivity contribution in [3.05, 3.63) is 106 Å². The number of rotatable bonds is 7. The summed E-state index contributed by atoms with van der Waals surface area (Å²) in [5, 5.41) is 16.0. The SMILES string of the molecule is COC1CCN(c2cccc3c2CCN(C(=O)c2cnn(-c4cccc(C)c4)c2C(F)(F)F)C3C(=O)Nc2ccc(C(=O)O)cc2)CC1. The van der Waals surface area contributed by atoms with Gasteiger partial charge in [0.15, 0.2) is 5.69 Å². The van der Waals surface area contributed by atoms with Crippen LogP contribution in [-0.2, 0) is 22.1 Å². The number of aromatic carboxylic acids is 1. The second-order valence-corrected chi connectivity index (χ2v) is 11.9. The van der Waals surface area contributed by atoms with Crippen LogP contribution in [0.4, 0.5) is 24.5 Å². The van der Waals surface area contributed by atoms with Crippen LogP contribution in [0.3, 0.4) is 0 Å². The summed E-state index contributed by atoms with van der Waals surface area (Å²) in [7, 11) is 1.68. The number of ether oxygens (including phenoxy) is 1. The zero-order valence-corrected chi connectivity index (χ0v) is 26.3. The minimum atomic E-state index is -4.94. The number of benzene rings is 3. The van der Waals surface area contributed by atoms with Crippen LogP contribution < -0.4 is 10.2 Å². The fourth-order valence-electron chi connectivity index (χ4n) is 6.57. The monoisotopic (exact) mass is 661 g/mol. The smallest absolute Gasteiger partial charge is 0.434 e. The Hall–Kier alpha value is -5.17. The fourth-order valence-corrected chi connectivity index (χ4v) is 6.57. The van der Waals surface area contributed by atoms with Crippen molar-refractivity contribution in [3.8, 4) is 5.69 Å². The highest BCUT2D eigenvalue weighted by atomic mass is 19.4. The van der Waals surface area contributed by atoms with Crippen molar-refractivity contribution in [2.24, 2.45) is 0 Å². The van der Waals surface area contributed by atoms with Gasteiger partial charge in [-0.05, 0) is 85.3 Å². The fraction of sp³-hybridized carbons (Fsp3) is 0.314. The number of carbonyl (C=O) groups excluding carboxylic acids is 2. The molecule has 0 spiro atoms. The van der Waals surface area contributed by atoms with Crippen LogP contribution in [0.2, 0.25) is 0 Å². The molecule has 3 aromatic carbocycles. The Kier molecular flexibility index (Phi) is 8.97. The van der Waals surface area contributed by atoms with Gasteiger partial charge in [-0.25, -0.2) is 9.48 Å². The van der Waals surface area contributed by atoms with E-state index in [9.17, 15) is 32.7 Å². The average Bonchev–Trinajstić information content (AvgIpc) is 3.54. The molecule has 0 aliphatic carbocycles. The summed E-state index contributed by atoms with van der Waals surface area (Å²) in [5.41, 5.74) is 1.48. The molecule has 1 saturated heterocycles. The Morgan fingerprint density at radius 1 is 0.979 bits per heavy atom. The molecule has 13 heteroatoms. The van der Waals surface area contributed by atoms with Crippen LogP contribution in [0, 0.1) is 6.92 Å². The van der Waals surface area contributed by atoms with E-state index in [4.69, 9.17) is 4.74 Å². The standard InChI is InChI=1S/C35H34F3N5O5/c1-21-5-3-6-24(19-21)43-31(35(36,37)38)28(20-39-43)33(45)42-18-15-26-27(7-4-8-29(26)41-16-13-25(48-2)14-17-41)30(42)32(44)40-23-11-9-22(10-12-23)34(46)47/h3-12,19-20,25,30H,13-18H2,1-2H3,(H,40,44)(H,46,47). The van der Waals surface area contributed by atoms with Gasteiger partial charge in [0, 0.05) is 38.1 Å². The van der Waals surface area contributed by atoms with Crippen LogP contribution in [-0.4, -0.2) is 70.4 Å². The first kappa shape index (κ1) is 32.8. The minimum absolute atomic E-state index is 0.0139. The first-order valence-electron chi connectivity index (χ1n) is 15.5. The third kappa shape index (κ3) is 6.37. The largest absolute Gasteiger partial charge is 0.478 e. The number of aryl methyl sites for hydroxylation is 1. The van der Waals surface area contributed by atoms with Gasteiger partial charge >= 0.3 is 12.1 Å². The lowest BCUT2D eigenvalue weighted by molar-refractivity contribution is -0.143. The van der Waals surface area contributed by atoms with E-state index < -0.39 is 41.3 Å². The Bertz CT molecular complexity index is 1850. The molecule has 2 aliphatic heterocycles. The van der Waals surface area contributed by atoms with Crippen LogP contribution in [0.25, 0.3) is 5.69 Å². The maximum atomic E-state index is 14.7. The third-order valence-corrected chi connectivity index (χ3v) is 8.94. The summed E-state index contributed by atoms with van der Waals surface area (Å²) in [6.07, 6.45) is -1.96. The highest BCUT2D eigenvalue weighted by Crippen LogP contribution is 2.40. The number of fused-ring (bicyclic) bond motifs is 1. The third-order valence-electron chi connectivity index (χ3n) is 8.94. The van der Waals surface area contributed by atoms with Gasteiger partial charge in [0.05, 0.1) is 29.1 Å². The normalized spacial score (nSPS) is 16.8. The zero-order valence-electron chi connectivity index (χ0n) is 26.3. The summed E-state index contributed by atoms with van der Waals surface area (Å²) in [6.45, 7) is 3.15. The number of nitrogens with zero attached hydrogens (tertiary/aromatic N) is 4. The summed E-state index contributed by atoms with van der Waals surface area (Å²) < 4.78 is 50.2. The Labute approximate surface area is 274 Å². The number of anilines is 2. The summed E-state index contributed by atoms with van der Waals surface area (Å²) in [4.78, 5) is 43.1. The van der Waals surface area contributed by atoms with Gasteiger partial charge in [-0.3, -0.25) is 9.59 Å². The number of piperidine rings is 1. The number of nitrogens with one attached hydrogen (secondary N) is 1. The molecule has 3 heterocycles. The van der Waals surface area contributed by atoms with Crippen molar-refractivity contribution >= 4 is 29.2 Å². The van der Waals surface area contributed by atoms with E-state index >= 15 is 0 Å². The number of alkyl halides is 3. The molecule has 2 aliphatic rings. The number of aromatic nitrogens is 2. The number of carboxylic acids is 1. The molecule has 48 heavy (non-hydrogen) atoms. The molecule has 250 valence electrons. The van der Waals surface area contributed by atoms with Gasteiger partial charge < -0.3 is 25.0 Å². The van der Waals surface area contributed by atoms with Crippen LogP contribution in [0.1, 0.15) is 62.0 Å². The molecule has 0 bridgehead atoms. The lowest BCUT2D eigenvalue weighted by Crippen LogP contribution is -2.46. The Morgan fingerprint density at radius 2 is 1.69 bits per heavy atom. The highest BCUT2D eigenvalue weighted by molar-refractivity contribution is 6.03. The molecule has 4 aromatic rings.